The third-order valence-electron chi connectivity index (χ3n) is 4.18. The average molecular weight is 308 g/mol. The van der Waals surface area contributed by atoms with Crippen LogP contribution in [0.4, 0.5) is 5.82 Å². The first-order chi connectivity index (χ1) is 11.2. The third kappa shape index (κ3) is 3.27. The molecule has 1 aliphatic heterocycles. The minimum absolute atomic E-state index is 0.631. The molecule has 5 heteroatoms. The zero-order valence-corrected chi connectivity index (χ0v) is 13.5. The molecule has 2 aromatic rings. The van der Waals surface area contributed by atoms with Crippen molar-refractivity contribution in [3.05, 3.63) is 42.0 Å². The number of benzene rings is 1. The minimum atomic E-state index is 0.631. The number of nitrogens with zero attached hydrogens (tertiary/aromatic N) is 4. The van der Waals surface area contributed by atoms with E-state index in [2.05, 4.69) is 22.9 Å². The molecular weight excluding hydrogens is 288 g/mol. The smallest absolute Gasteiger partial charge is 0.147 e. The topological polar surface area (TPSA) is 52.4 Å². The first kappa shape index (κ1) is 15.3. The molecule has 5 nitrogen and oxygen atoms in total. The van der Waals surface area contributed by atoms with Crippen LogP contribution in [0.5, 0.6) is 5.75 Å². The Morgan fingerprint density at radius 1 is 1.04 bits per heavy atom. The summed E-state index contributed by atoms with van der Waals surface area (Å²) >= 11 is 0. The number of anilines is 1. The van der Waals surface area contributed by atoms with Gasteiger partial charge in [0.1, 0.15) is 17.6 Å². The number of hydrogen-bond donors (Lipinski definition) is 0. The van der Waals surface area contributed by atoms with Gasteiger partial charge in [0.2, 0.25) is 0 Å². The van der Waals surface area contributed by atoms with Crippen LogP contribution in [-0.2, 0) is 0 Å². The molecule has 1 fully saturated rings. The third-order valence-corrected chi connectivity index (χ3v) is 4.18. The molecule has 0 radical (unpaired) electrons. The summed E-state index contributed by atoms with van der Waals surface area (Å²) in [6.45, 7) is 3.76. The molecule has 0 bridgehead atoms. The summed E-state index contributed by atoms with van der Waals surface area (Å²) in [6.07, 6.45) is 0. The van der Waals surface area contributed by atoms with Gasteiger partial charge in [0, 0.05) is 31.7 Å². The van der Waals surface area contributed by atoms with Gasteiger partial charge in [-0.15, -0.1) is 0 Å². The zero-order chi connectivity index (χ0) is 16.2. The maximum Gasteiger partial charge on any atom is 0.147 e. The molecule has 1 aliphatic rings. The van der Waals surface area contributed by atoms with Crippen molar-refractivity contribution in [1.82, 2.24) is 9.88 Å². The quantitative estimate of drug-likeness (QED) is 0.871. The molecule has 0 unspecified atom stereocenters. The Morgan fingerprint density at radius 2 is 1.74 bits per heavy atom. The van der Waals surface area contributed by atoms with Crippen LogP contribution >= 0.6 is 0 Å². The maximum absolute atomic E-state index is 9.39. The molecule has 1 aromatic heterocycles. The fourth-order valence-corrected chi connectivity index (χ4v) is 2.72. The standard InChI is InChI=1S/C18H20N4O/c1-21-9-11-22(12-10-21)18-15(13-19)5-8-17(20-18)14-3-6-16(23-2)7-4-14/h3-8H,9-12H2,1-2H3. The summed E-state index contributed by atoms with van der Waals surface area (Å²) in [5, 5.41) is 9.39. The minimum Gasteiger partial charge on any atom is -0.497 e. The highest BCUT2D eigenvalue weighted by Crippen LogP contribution is 2.26. The largest absolute Gasteiger partial charge is 0.497 e. The van der Waals surface area contributed by atoms with Crippen molar-refractivity contribution in [1.29, 1.82) is 5.26 Å². The van der Waals surface area contributed by atoms with E-state index in [1.54, 1.807) is 7.11 Å². The van der Waals surface area contributed by atoms with Gasteiger partial charge in [0.15, 0.2) is 0 Å². The van der Waals surface area contributed by atoms with Gasteiger partial charge in [-0.1, -0.05) is 0 Å². The monoisotopic (exact) mass is 308 g/mol. The first-order valence-corrected chi connectivity index (χ1v) is 7.70. The lowest BCUT2D eigenvalue weighted by Gasteiger charge is -2.33. The normalized spacial score (nSPS) is 15.3. The van der Waals surface area contributed by atoms with Crippen LogP contribution in [-0.4, -0.2) is 50.2 Å². The lowest BCUT2D eigenvalue weighted by molar-refractivity contribution is 0.312. The molecule has 2 heterocycles. The van der Waals surface area contributed by atoms with Gasteiger partial charge in [-0.3, -0.25) is 0 Å². The highest BCUT2D eigenvalue weighted by atomic mass is 16.5. The molecule has 118 valence electrons. The lowest BCUT2D eigenvalue weighted by atomic mass is 10.1. The highest BCUT2D eigenvalue weighted by molar-refractivity contribution is 5.66. The van der Waals surface area contributed by atoms with E-state index in [4.69, 9.17) is 9.72 Å². The molecule has 3 rings (SSSR count). The lowest BCUT2D eigenvalue weighted by Crippen LogP contribution is -2.45. The average Bonchev–Trinajstić information content (AvgIpc) is 2.62. The van der Waals surface area contributed by atoms with Crippen molar-refractivity contribution in [2.75, 3.05) is 45.2 Å². The number of nitriles is 1. The van der Waals surface area contributed by atoms with Gasteiger partial charge in [-0.25, -0.2) is 4.98 Å². The maximum atomic E-state index is 9.39. The van der Waals surface area contributed by atoms with E-state index in [1.165, 1.54) is 0 Å². The van der Waals surface area contributed by atoms with Gasteiger partial charge < -0.3 is 14.5 Å². The van der Waals surface area contributed by atoms with Crippen molar-refractivity contribution in [2.24, 2.45) is 0 Å². The fourth-order valence-electron chi connectivity index (χ4n) is 2.72. The fraction of sp³-hybridized carbons (Fsp3) is 0.333. The molecule has 0 aliphatic carbocycles. The van der Waals surface area contributed by atoms with E-state index in [-0.39, 0.29) is 0 Å². The van der Waals surface area contributed by atoms with E-state index >= 15 is 0 Å². The van der Waals surface area contributed by atoms with Crippen molar-refractivity contribution in [3.63, 3.8) is 0 Å². The van der Waals surface area contributed by atoms with Crippen LogP contribution in [0.2, 0.25) is 0 Å². The Labute approximate surface area is 136 Å². The van der Waals surface area contributed by atoms with E-state index in [0.717, 1.165) is 49.0 Å². The number of ether oxygens (including phenoxy) is 1. The number of pyridine rings is 1. The number of aromatic nitrogens is 1. The summed E-state index contributed by atoms with van der Waals surface area (Å²) in [4.78, 5) is 9.25. The Morgan fingerprint density at radius 3 is 2.35 bits per heavy atom. The van der Waals surface area contributed by atoms with Crippen LogP contribution in [0.3, 0.4) is 0 Å². The number of likely N-dealkylation sites (N-methyl/N-ethyl adjacent to an activating group) is 1. The summed E-state index contributed by atoms with van der Waals surface area (Å²) in [7, 11) is 3.77. The van der Waals surface area contributed by atoms with Crippen molar-refractivity contribution >= 4 is 5.82 Å². The molecule has 0 spiro atoms. The van der Waals surface area contributed by atoms with Gasteiger partial charge in [0.25, 0.3) is 0 Å². The van der Waals surface area contributed by atoms with Crippen LogP contribution in [0, 0.1) is 11.3 Å². The SMILES string of the molecule is COc1ccc(-c2ccc(C#N)c(N3CCN(C)CC3)n2)cc1. The van der Waals surface area contributed by atoms with E-state index in [1.807, 2.05) is 36.4 Å². The second kappa shape index (κ2) is 6.67. The molecular formula is C18H20N4O. The molecule has 1 saturated heterocycles. The predicted molar refractivity (Wildman–Crippen MR) is 90.7 cm³/mol. The second-order valence-corrected chi connectivity index (χ2v) is 5.70. The number of piperazine rings is 1. The van der Waals surface area contributed by atoms with Crippen LogP contribution in [0.15, 0.2) is 36.4 Å². The van der Waals surface area contributed by atoms with Crippen LogP contribution in [0.1, 0.15) is 5.56 Å². The van der Waals surface area contributed by atoms with Crippen LogP contribution in [0.25, 0.3) is 11.3 Å². The van der Waals surface area contributed by atoms with Crippen molar-refractivity contribution in [3.8, 4) is 23.1 Å². The van der Waals surface area contributed by atoms with Gasteiger partial charge in [0.05, 0.1) is 18.4 Å². The highest BCUT2D eigenvalue weighted by Gasteiger charge is 2.19. The van der Waals surface area contributed by atoms with E-state index in [9.17, 15) is 5.26 Å². The van der Waals surface area contributed by atoms with E-state index < -0.39 is 0 Å². The molecule has 0 amide bonds. The van der Waals surface area contributed by atoms with Gasteiger partial charge >= 0.3 is 0 Å². The van der Waals surface area contributed by atoms with E-state index in [0.29, 0.717) is 5.56 Å². The molecule has 0 saturated carbocycles. The molecule has 1 aromatic carbocycles. The molecule has 0 atom stereocenters. The summed E-state index contributed by atoms with van der Waals surface area (Å²) < 4.78 is 5.19. The Balaban J connectivity index is 1.93. The number of methoxy groups -OCH3 is 1. The van der Waals surface area contributed by atoms with Crippen LogP contribution < -0.4 is 9.64 Å². The van der Waals surface area contributed by atoms with Gasteiger partial charge in [-0.05, 0) is 43.4 Å². The summed E-state index contributed by atoms with van der Waals surface area (Å²) in [5.74, 6) is 1.61. The van der Waals surface area contributed by atoms with Gasteiger partial charge in [-0.2, -0.15) is 5.26 Å². The first-order valence-electron chi connectivity index (χ1n) is 7.70. The Hall–Kier alpha value is -2.58. The zero-order valence-electron chi connectivity index (χ0n) is 13.5. The Kier molecular flexibility index (Phi) is 4.45. The second-order valence-electron chi connectivity index (χ2n) is 5.70. The number of rotatable bonds is 3. The predicted octanol–water partition coefficient (Wildman–Crippen LogP) is 2.38. The van der Waals surface area contributed by atoms with Crippen molar-refractivity contribution in [2.45, 2.75) is 0 Å². The Bertz CT molecular complexity index is 713. The number of hydrogen-bond acceptors (Lipinski definition) is 5. The summed E-state index contributed by atoms with van der Waals surface area (Å²) in [6, 6.07) is 13.8. The summed E-state index contributed by atoms with van der Waals surface area (Å²) in [5.41, 5.74) is 2.53. The van der Waals surface area contributed by atoms with Crippen molar-refractivity contribution < 1.29 is 4.74 Å². The molecule has 0 N–H and O–H groups in total. The molecule has 23 heavy (non-hydrogen) atoms.